The zero-order valence-corrected chi connectivity index (χ0v) is 13.4. The third-order valence-electron chi connectivity index (χ3n) is 4.84. The van der Waals surface area contributed by atoms with E-state index in [1.165, 1.54) is 12.8 Å². The molecule has 1 aromatic carbocycles. The molecule has 0 unspecified atom stereocenters. The quantitative estimate of drug-likeness (QED) is 0.834. The molecule has 0 spiro atoms. The van der Waals surface area contributed by atoms with Gasteiger partial charge in [0.25, 0.3) is 0 Å². The lowest BCUT2D eigenvalue weighted by molar-refractivity contribution is -0.130. The number of nitrogens with one attached hydrogen (secondary N) is 1. The molecule has 1 saturated heterocycles. The normalized spacial score (nSPS) is 23.2. The zero-order chi connectivity index (χ0) is 16.2. The molecule has 1 aromatic rings. The molecule has 0 bridgehead atoms. The Morgan fingerprint density at radius 1 is 1.22 bits per heavy atom. The summed E-state index contributed by atoms with van der Waals surface area (Å²) in [5.41, 5.74) is 6.55. The fraction of sp³-hybridized carbons (Fsp3) is 0.556. The van der Waals surface area contributed by atoms with Gasteiger partial charge in [0.05, 0.1) is 5.92 Å². The van der Waals surface area contributed by atoms with Gasteiger partial charge >= 0.3 is 0 Å². The molecule has 0 aromatic heterocycles. The van der Waals surface area contributed by atoms with Gasteiger partial charge in [0, 0.05) is 13.1 Å². The van der Waals surface area contributed by atoms with Crippen LogP contribution in [0, 0.1) is 11.8 Å². The second-order valence-electron chi connectivity index (χ2n) is 6.74. The van der Waals surface area contributed by atoms with Gasteiger partial charge in [-0.25, -0.2) is 0 Å². The summed E-state index contributed by atoms with van der Waals surface area (Å²) in [5, 5.41) is 3.06. The van der Waals surface area contributed by atoms with Crippen LogP contribution in [0.4, 0.5) is 0 Å². The molecular weight excluding hydrogens is 290 g/mol. The number of nitrogens with zero attached hydrogens (tertiary/aromatic N) is 1. The number of piperidine rings is 1. The molecular formula is C18H25N3O2. The third kappa shape index (κ3) is 4.10. The monoisotopic (exact) mass is 315 g/mol. The largest absolute Gasteiger partial charge is 0.368 e. The smallest absolute Gasteiger partial charge is 0.239 e. The van der Waals surface area contributed by atoms with E-state index in [9.17, 15) is 9.59 Å². The summed E-state index contributed by atoms with van der Waals surface area (Å²) in [6.07, 6.45) is 4.26. The Hall–Kier alpha value is -1.88. The maximum atomic E-state index is 12.4. The Labute approximate surface area is 137 Å². The van der Waals surface area contributed by atoms with Gasteiger partial charge in [0.2, 0.25) is 11.8 Å². The van der Waals surface area contributed by atoms with Crippen molar-refractivity contribution in [1.82, 2.24) is 10.2 Å². The van der Waals surface area contributed by atoms with Crippen molar-refractivity contribution in [3.63, 3.8) is 0 Å². The molecule has 23 heavy (non-hydrogen) atoms. The lowest BCUT2D eigenvalue weighted by Gasteiger charge is -2.36. The number of benzene rings is 1. The van der Waals surface area contributed by atoms with Gasteiger partial charge in [-0.05, 0) is 43.7 Å². The van der Waals surface area contributed by atoms with E-state index < -0.39 is 6.04 Å². The van der Waals surface area contributed by atoms with E-state index in [4.69, 9.17) is 5.73 Å². The number of carbonyl (C=O) groups excluding carboxylic acids is 2. The van der Waals surface area contributed by atoms with Crippen LogP contribution in [0.2, 0.25) is 0 Å². The molecule has 2 amide bonds. The summed E-state index contributed by atoms with van der Waals surface area (Å²) in [5.74, 6) is 0.405. The van der Waals surface area contributed by atoms with Crippen molar-refractivity contribution in [3.8, 4) is 0 Å². The molecule has 1 saturated carbocycles. The van der Waals surface area contributed by atoms with Crippen LogP contribution in [-0.2, 0) is 9.59 Å². The van der Waals surface area contributed by atoms with Gasteiger partial charge < -0.3 is 11.1 Å². The first-order valence-corrected chi connectivity index (χ1v) is 8.51. The lowest BCUT2D eigenvalue weighted by Crippen LogP contribution is -2.47. The van der Waals surface area contributed by atoms with Crippen molar-refractivity contribution in [1.29, 1.82) is 0 Å². The molecule has 1 aliphatic carbocycles. The minimum absolute atomic E-state index is 0.0481. The van der Waals surface area contributed by atoms with Crippen LogP contribution in [0.1, 0.15) is 37.3 Å². The van der Waals surface area contributed by atoms with E-state index in [0.717, 1.165) is 31.5 Å². The van der Waals surface area contributed by atoms with E-state index in [-0.39, 0.29) is 17.7 Å². The van der Waals surface area contributed by atoms with Crippen molar-refractivity contribution in [2.24, 2.45) is 17.6 Å². The van der Waals surface area contributed by atoms with Gasteiger partial charge in [0.1, 0.15) is 6.04 Å². The molecule has 5 nitrogen and oxygen atoms in total. The van der Waals surface area contributed by atoms with E-state index in [1.54, 1.807) is 0 Å². The molecule has 2 atom stereocenters. The Morgan fingerprint density at radius 3 is 2.61 bits per heavy atom. The summed E-state index contributed by atoms with van der Waals surface area (Å²) in [4.78, 5) is 26.4. The maximum Gasteiger partial charge on any atom is 0.239 e. The van der Waals surface area contributed by atoms with Crippen LogP contribution in [0.5, 0.6) is 0 Å². The van der Waals surface area contributed by atoms with Crippen molar-refractivity contribution in [2.45, 2.75) is 31.7 Å². The number of nitrogens with two attached hydrogens (primary N) is 1. The lowest BCUT2D eigenvalue weighted by atomic mass is 9.93. The molecule has 3 rings (SSSR count). The van der Waals surface area contributed by atoms with Crippen LogP contribution in [0.15, 0.2) is 30.3 Å². The minimum Gasteiger partial charge on any atom is -0.368 e. The van der Waals surface area contributed by atoms with Crippen LogP contribution in [0.25, 0.3) is 0 Å². The topological polar surface area (TPSA) is 75.4 Å². The Morgan fingerprint density at radius 2 is 1.96 bits per heavy atom. The van der Waals surface area contributed by atoms with E-state index >= 15 is 0 Å². The van der Waals surface area contributed by atoms with Crippen LogP contribution in [-0.4, -0.2) is 36.3 Å². The second-order valence-corrected chi connectivity index (χ2v) is 6.74. The molecule has 2 aliphatic rings. The second kappa shape index (κ2) is 7.13. The van der Waals surface area contributed by atoms with Crippen molar-refractivity contribution >= 4 is 11.8 Å². The summed E-state index contributed by atoms with van der Waals surface area (Å²) in [6, 6.07) is 9.14. The minimum atomic E-state index is -0.449. The van der Waals surface area contributed by atoms with Crippen LogP contribution in [0.3, 0.4) is 0 Å². The van der Waals surface area contributed by atoms with Gasteiger partial charge in [-0.2, -0.15) is 0 Å². The van der Waals surface area contributed by atoms with E-state index in [1.807, 2.05) is 30.3 Å². The Kier molecular flexibility index (Phi) is 4.96. The predicted octanol–water partition coefficient (Wildman–Crippen LogP) is 1.45. The first-order valence-electron chi connectivity index (χ1n) is 8.51. The fourth-order valence-electron chi connectivity index (χ4n) is 3.36. The van der Waals surface area contributed by atoms with Gasteiger partial charge in [0.15, 0.2) is 0 Å². The van der Waals surface area contributed by atoms with Crippen molar-refractivity contribution in [2.75, 3.05) is 19.6 Å². The summed E-state index contributed by atoms with van der Waals surface area (Å²) in [6.45, 7) is 2.20. The highest BCUT2D eigenvalue weighted by Crippen LogP contribution is 2.29. The van der Waals surface area contributed by atoms with E-state index in [0.29, 0.717) is 12.5 Å². The molecule has 124 valence electrons. The molecule has 1 aliphatic heterocycles. The standard InChI is InChI=1S/C18H25N3O2/c19-17(22)16(14-5-2-1-3-6-14)21-10-4-7-15(12-21)18(23)20-11-13-8-9-13/h1-3,5-6,13,15-16H,4,7-12H2,(H2,19,22)(H,20,23)/t15-,16+/m1/s1. The number of carbonyl (C=O) groups is 2. The number of hydrogen-bond donors (Lipinski definition) is 2. The number of likely N-dealkylation sites (tertiary alicyclic amines) is 1. The first kappa shape index (κ1) is 16.0. The van der Waals surface area contributed by atoms with Crippen LogP contribution >= 0.6 is 0 Å². The highest BCUT2D eigenvalue weighted by atomic mass is 16.2. The number of hydrogen-bond acceptors (Lipinski definition) is 3. The van der Waals surface area contributed by atoms with Gasteiger partial charge in [-0.1, -0.05) is 30.3 Å². The Balaban J connectivity index is 1.65. The van der Waals surface area contributed by atoms with E-state index in [2.05, 4.69) is 10.2 Å². The first-order chi connectivity index (χ1) is 11.1. The third-order valence-corrected chi connectivity index (χ3v) is 4.84. The van der Waals surface area contributed by atoms with Crippen molar-refractivity contribution in [3.05, 3.63) is 35.9 Å². The van der Waals surface area contributed by atoms with Gasteiger partial charge in [-0.3, -0.25) is 14.5 Å². The Bertz CT molecular complexity index is 557. The summed E-state index contributed by atoms with van der Waals surface area (Å²) in [7, 11) is 0. The van der Waals surface area contributed by atoms with Crippen LogP contribution < -0.4 is 11.1 Å². The highest BCUT2D eigenvalue weighted by molar-refractivity contribution is 5.82. The average Bonchev–Trinajstić information content (AvgIpc) is 3.38. The number of primary amides is 1. The fourth-order valence-corrected chi connectivity index (χ4v) is 3.36. The predicted molar refractivity (Wildman–Crippen MR) is 88.4 cm³/mol. The maximum absolute atomic E-state index is 12.4. The molecule has 5 heteroatoms. The average molecular weight is 315 g/mol. The summed E-state index contributed by atoms with van der Waals surface area (Å²) < 4.78 is 0. The highest BCUT2D eigenvalue weighted by Gasteiger charge is 2.33. The number of amides is 2. The SMILES string of the molecule is NC(=O)[C@H](c1ccccc1)N1CCC[C@@H](C(=O)NCC2CC2)C1. The number of rotatable bonds is 6. The van der Waals surface area contributed by atoms with Gasteiger partial charge in [-0.15, -0.1) is 0 Å². The van der Waals surface area contributed by atoms with Crippen molar-refractivity contribution < 1.29 is 9.59 Å². The zero-order valence-electron chi connectivity index (χ0n) is 13.4. The molecule has 1 heterocycles. The molecule has 2 fully saturated rings. The molecule has 0 radical (unpaired) electrons. The summed E-state index contributed by atoms with van der Waals surface area (Å²) >= 11 is 0. The molecule has 3 N–H and O–H groups in total.